The number of terminal acetylenes is 1. The minimum absolute atomic E-state index is 0.0640. The highest BCUT2D eigenvalue weighted by Gasteiger charge is 2.42. The molecule has 2 heterocycles. The van der Waals surface area contributed by atoms with Gasteiger partial charge in [-0.1, -0.05) is 12.3 Å². The van der Waals surface area contributed by atoms with Crippen LogP contribution in [-0.2, 0) is 9.59 Å². The molecule has 24 heavy (non-hydrogen) atoms. The zero-order valence-corrected chi connectivity index (χ0v) is 14.1. The largest absolute Gasteiger partial charge is 0.481 e. The van der Waals surface area contributed by atoms with Gasteiger partial charge in [0.2, 0.25) is 0 Å². The first kappa shape index (κ1) is 20.1. The molecule has 0 saturated carbocycles. The number of carbonyl (C=O) groups excluding carboxylic acids is 1. The number of urea groups is 1. The lowest BCUT2D eigenvalue weighted by Gasteiger charge is -2.16. The quantitative estimate of drug-likeness (QED) is 0.237. The van der Waals surface area contributed by atoms with Gasteiger partial charge in [0.15, 0.2) is 0 Å². The molecule has 0 aromatic rings. The molecule has 0 aromatic carbocycles. The van der Waals surface area contributed by atoms with Crippen molar-refractivity contribution in [2.75, 3.05) is 18.8 Å². The van der Waals surface area contributed by atoms with E-state index in [0.29, 0.717) is 11.8 Å². The molecule has 2 fully saturated rings. The molecule has 5 N–H and O–H groups in total. The first-order valence-electron chi connectivity index (χ1n) is 7.70. The Morgan fingerprint density at radius 2 is 2.04 bits per heavy atom. The third-order valence-electron chi connectivity index (χ3n) is 3.57. The number of fused-ring (bicyclic) bond motifs is 1. The molecule has 3 atom stereocenters. The molecule has 2 saturated heterocycles. The molecule has 2 aliphatic rings. The Balaban J connectivity index is 0.000000307. The van der Waals surface area contributed by atoms with Gasteiger partial charge in [0, 0.05) is 17.4 Å². The van der Waals surface area contributed by atoms with Crippen molar-refractivity contribution >= 4 is 29.7 Å². The summed E-state index contributed by atoms with van der Waals surface area (Å²) in [5.74, 6) is 1.60. The van der Waals surface area contributed by atoms with E-state index in [1.807, 2.05) is 11.8 Å². The number of carboxylic acid groups (broad SMARTS) is 2. The standard InChI is InChI=1S/C10H16N2O3S.C5H7NO2/c13-8(14)4-2-1-3-7-9-6(5-16-7)11-10(15)12-9;1-2-3-6-4-5(7)8/h6-7,9H,1-5H2,(H,13,14)(H2,11,12,15);1,6H,3-4H2,(H,7,8)/t6-,7-,9-;/m0./s1. The molecule has 2 rings (SSSR count). The van der Waals surface area contributed by atoms with Gasteiger partial charge >= 0.3 is 18.0 Å². The van der Waals surface area contributed by atoms with Gasteiger partial charge in [-0.3, -0.25) is 14.9 Å². The summed E-state index contributed by atoms with van der Waals surface area (Å²) in [5, 5.41) is 25.3. The van der Waals surface area contributed by atoms with Gasteiger partial charge in [0.1, 0.15) is 0 Å². The molecule has 2 amide bonds. The van der Waals surface area contributed by atoms with Crippen LogP contribution in [0.25, 0.3) is 0 Å². The fraction of sp³-hybridized carbons (Fsp3) is 0.667. The van der Waals surface area contributed by atoms with Crippen LogP contribution in [-0.4, -0.2) is 64.4 Å². The lowest BCUT2D eigenvalue weighted by atomic mass is 10.0. The van der Waals surface area contributed by atoms with Crippen molar-refractivity contribution in [1.29, 1.82) is 0 Å². The highest BCUT2D eigenvalue weighted by atomic mass is 32.2. The number of hydrogen-bond acceptors (Lipinski definition) is 5. The minimum Gasteiger partial charge on any atom is -0.481 e. The molecule has 0 bridgehead atoms. The smallest absolute Gasteiger partial charge is 0.317 e. The van der Waals surface area contributed by atoms with E-state index in [1.165, 1.54) is 0 Å². The molecule has 8 nitrogen and oxygen atoms in total. The molecule has 2 aliphatic heterocycles. The first-order valence-corrected chi connectivity index (χ1v) is 8.75. The Morgan fingerprint density at radius 1 is 1.29 bits per heavy atom. The van der Waals surface area contributed by atoms with Crippen LogP contribution in [0.4, 0.5) is 4.79 Å². The van der Waals surface area contributed by atoms with Gasteiger partial charge in [-0.25, -0.2) is 4.79 Å². The summed E-state index contributed by atoms with van der Waals surface area (Å²) in [7, 11) is 0. The van der Waals surface area contributed by atoms with Crippen LogP contribution in [0.3, 0.4) is 0 Å². The molecule has 0 unspecified atom stereocenters. The van der Waals surface area contributed by atoms with E-state index in [4.69, 9.17) is 16.6 Å². The van der Waals surface area contributed by atoms with E-state index >= 15 is 0 Å². The summed E-state index contributed by atoms with van der Waals surface area (Å²) in [4.78, 5) is 31.2. The number of thioether (sulfide) groups is 1. The predicted octanol–water partition coefficient (Wildman–Crippen LogP) is 0.0906. The Kier molecular flexibility index (Phi) is 9.04. The summed E-state index contributed by atoms with van der Waals surface area (Å²) in [6.07, 6.45) is 7.69. The van der Waals surface area contributed by atoms with Crippen LogP contribution >= 0.6 is 11.8 Å². The molecule has 0 aromatic heterocycles. The van der Waals surface area contributed by atoms with Gasteiger partial charge in [-0.2, -0.15) is 11.8 Å². The van der Waals surface area contributed by atoms with Crippen molar-refractivity contribution in [2.45, 2.75) is 43.0 Å². The van der Waals surface area contributed by atoms with E-state index in [1.54, 1.807) is 0 Å². The van der Waals surface area contributed by atoms with Gasteiger partial charge in [-0.15, -0.1) is 6.42 Å². The van der Waals surface area contributed by atoms with E-state index in [2.05, 4.69) is 21.9 Å². The lowest BCUT2D eigenvalue weighted by molar-refractivity contribution is -0.137. The van der Waals surface area contributed by atoms with Crippen LogP contribution in [0, 0.1) is 12.3 Å². The lowest BCUT2D eigenvalue weighted by Crippen LogP contribution is -2.36. The van der Waals surface area contributed by atoms with Crippen LogP contribution < -0.4 is 16.0 Å². The van der Waals surface area contributed by atoms with E-state index < -0.39 is 11.9 Å². The fourth-order valence-electron chi connectivity index (χ4n) is 2.51. The third-order valence-corrected chi connectivity index (χ3v) is 5.08. The van der Waals surface area contributed by atoms with Gasteiger partial charge in [0.05, 0.1) is 25.2 Å². The first-order chi connectivity index (χ1) is 11.4. The topological polar surface area (TPSA) is 128 Å². The van der Waals surface area contributed by atoms with Crippen molar-refractivity contribution in [3.05, 3.63) is 0 Å². The molecular formula is C15H23N3O5S. The number of carbonyl (C=O) groups is 3. The Bertz CT molecular complexity index is 494. The Hall–Kier alpha value is -1.92. The fourth-order valence-corrected chi connectivity index (χ4v) is 4.05. The molecule has 9 heteroatoms. The predicted molar refractivity (Wildman–Crippen MR) is 90.9 cm³/mol. The monoisotopic (exact) mass is 357 g/mol. The molecule has 134 valence electrons. The summed E-state index contributed by atoms with van der Waals surface area (Å²) in [6.45, 7) is 0.247. The third kappa shape index (κ3) is 7.57. The minimum atomic E-state index is -0.889. The number of unbranched alkanes of at least 4 members (excludes halogenated alkanes) is 1. The average molecular weight is 357 g/mol. The molecular weight excluding hydrogens is 334 g/mol. The SMILES string of the molecule is C#CCNCC(=O)O.O=C(O)CCCC[C@@H]1SC[C@@H]2NC(=O)N[C@@H]21. The highest BCUT2D eigenvalue weighted by molar-refractivity contribution is 8.00. The number of amides is 2. The number of hydrogen-bond donors (Lipinski definition) is 5. The summed E-state index contributed by atoms with van der Waals surface area (Å²) >= 11 is 1.87. The van der Waals surface area contributed by atoms with Gasteiger partial charge in [-0.05, 0) is 12.8 Å². The molecule has 0 spiro atoms. The number of rotatable bonds is 8. The summed E-state index contributed by atoms with van der Waals surface area (Å²) < 4.78 is 0. The van der Waals surface area contributed by atoms with Gasteiger partial charge < -0.3 is 20.8 Å². The van der Waals surface area contributed by atoms with Crippen LogP contribution in [0.5, 0.6) is 0 Å². The van der Waals surface area contributed by atoms with Crippen LogP contribution in [0.1, 0.15) is 25.7 Å². The van der Waals surface area contributed by atoms with Crippen molar-refractivity contribution in [3.63, 3.8) is 0 Å². The van der Waals surface area contributed by atoms with Gasteiger partial charge in [0.25, 0.3) is 0 Å². The second-order valence-electron chi connectivity index (χ2n) is 5.46. The zero-order valence-electron chi connectivity index (χ0n) is 13.3. The van der Waals surface area contributed by atoms with Crippen molar-refractivity contribution in [1.82, 2.24) is 16.0 Å². The summed E-state index contributed by atoms with van der Waals surface area (Å²) in [6, 6.07) is 0.440. The maximum atomic E-state index is 11.1. The van der Waals surface area contributed by atoms with Crippen molar-refractivity contribution in [3.8, 4) is 12.3 Å². The Morgan fingerprint density at radius 3 is 2.67 bits per heavy atom. The molecule has 0 aliphatic carbocycles. The summed E-state index contributed by atoms with van der Waals surface area (Å²) in [5.41, 5.74) is 0. The molecule has 0 radical (unpaired) electrons. The second kappa shape index (κ2) is 10.8. The van der Waals surface area contributed by atoms with E-state index in [-0.39, 0.29) is 31.1 Å². The van der Waals surface area contributed by atoms with Crippen LogP contribution in [0.15, 0.2) is 0 Å². The van der Waals surface area contributed by atoms with Crippen molar-refractivity contribution in [2.24, 2.45) is 0 Å². The second-order valence-corrected chi connectivity index (χ2v) is 6.73. The van der Waals surface area contributed by atoms with E-state index in [9.17, 15) is 14.4 Å². The Labute approximate surface area is 145 Å². The number of aliphatic carboxylic acids is 2. The van der Waals surface area contributed by atoms with E-state index in [0.717, 1.165) is 25.0 Å². The average Bonchev–Trinajstić information content (AvgIpc) is 3.04. The normalized spacial score (nSPS) is 24.0. The van der Waals surface area contributed by atoms with Crippen molar-refractivity contribution < 1.29 is 24.6 Å². The highest BCUT2D eigenvalue weighted by Crippen LogP contribution is 2.33. The maximum absolute atomic E-state index is 11.1. The van der Waals surface area contributed by atoms with Crippen LogP contribution in [0.2, 0.25) is 0 Å². The number of nitrogens with one attached hydrogen (secondary N) is 3. The maximum Gasteiger partial charge on any atom is 0.317 e. The zero-order chi connectivity index (χ0) is 17.9. The number of carboxylic acids is 2.